The zero-order chi connectivity index (χ0) is 18.6. The fourth-order valence-corrected chi connectivity index (χ4v) is 3.29. The highest BCUT2D eigenvalue weighted by atomic mass is 127. The van der Waals surface area contributed by atoms with Crippen LogP contribution in [0.25, 0.3) is 11.3 Å². The predicted molar refractivity (Wildman–Crippen MR) is 110 cm³/mol. The summed E-state index contributed by atoms with van der Waals surface area (Å²) >= 11 is 2.18. The Balaban J connectivity index is 0.00000109. The van der Waals surface area contributed by atoms with Gasteiger partial charge in [0.2, 0.25) is 0 Å². The number of allylic oxidation sites excluding steroid dienone is 3. The van der Waals surface area contributed by atoms with Crippen LogP contribution in [0.4, 0.5) is 8.78 Å². The molecule has 1 heterocycles. The molecule has 0 saturated heterocycles. The largest absolute Gasteiger partial charge is 0.343 e. The molecule has 0 aliphatic carbocycles. The van der Waals surface area contributed by atoms with Gasteiger partial charge in [0, 0.05) is 21.9 Å². The second-order valence-corrected chi connectivity index (χ2v) is 6.39. The number of likely N-dealkylation sites (N-methyl/N-ethyl adjacent to an activating group) is 1. The van der Waals surface area contributed by atoms with Gasteiger partial charge in [-0.05, 0) is 46.4 Å². The Hall–Kier alpha value is -1.95. The minimum Gasteiger partial charge on any atom is -0.343 e. The third-order valence-corrected chi connectivity index (χ3v) is 4.76. The molecule has 0 radical (unpaired) electrons. The first-order chi connectivity index (χ1) is 12.0. The van der Waals surface area contributed by atoms with Gasteiger partial charge in [-0.25, -0.2) is 8.78 Å². The lowest BCUT2D eigenvalue weighted by Gasteiger charge is -2.31. The summed E-state index contributed by atoms with van der Waals surface area (Å²) in [6.07, 6.45) is 1.92. The van der Waals surface area contributed by atoms with Crippen molar-refractivity contribution < 1.29 is 8.78 Å². The quantitative estimate of drug-likeness (QED) is 0.463. The van der Waals surface area contributed by atoms with E-state index in [0.29, 0.717) is 11.4 Å². The van der Waals surface area contributed by atoms with E-state index in [4.69, 9.17) is 0 Å². The van der Waals surface area contributed by atoms with Crippen LogP contribution >= 0.6 is 22.6 Å². The van der Waals surface area contributed by atoms with Gasteiger partial charge >= 0.3 is 0 Å². The van der Waals surface area contributed by atoms with Gasteiger partial charge in [0.15, 0.2) is 0 Å². The highest BCUT2D eigenvalue weighted by Crippen LogP contribution is 2.41. The minimum absolute atomic E-state index is 0.0323. The van der Waals surface area contributed by atoms with Gasteiger partial charge in [0.1, 0.15) is 11.6 Å². The Labute approximate surface area is 161 Å². The van der Waals surface area contributed by atoms with Crippen LogP contribution in [0.2, 0.25) is 0 Å². The Kier molecular flexibility index (Phi) is 6.53. The van der Waals surface area contributed by atoms with E-state index in [0.717, 1.165) is 14.7 Å². The summed E-state index contributed by atoms with van der Waals surface area (Å²) in [6, 6.07) is 13.5. The second kappa shape index (κ2) is 8.43. The lowest BCUT2D eigenvalue weighted by molar-refractivity contribution is 0.551. The van der Waals surface area contributed by atoms with Gasteiger partial charge < -0.3 is 4.90 Å². The van der Waals surface area contributed by atoms with Crippen LogP contribution < -0.4 is 0 Å². The molecule has 0 bridgehead atoms. The Bertz CT molecular complexity index is 818. The SMILES string of the molecule is C=C1C(I)=CC(c2ccccc2)=C(c2c(F)cccc2F)N1C.CC. The average molecular weight is 451 g/mol. The first-order valence-corrected chi connectivity index (χ1v) is 9.13. The number of benzene rings is 2. The van der Waals surface area contributed by atoms with Crippen LogP contribution in [-0.4, -0.2) is 11.9 Å². The van der Waals surface area contributed by atoms with E-state index in [2.05, 4.69) is 29.2 Å². The van der Waals surface area contributed by atoms with Crippen LogP contribution in [0.1, 0.15) is 25.0 Å². The van der Waals surface area contributed by atoms with Gasteiger partial charge in [0.05, 0.1) is 11.3 Å². The predicted octanol–water partition coefficient (Wildman–Crippen LogP) is 6.64. The number of rotatable bonds is 2. The third-order valence-electron chi connectivity index (χ3n) is 3.83. The molecule has 1 aliphatic heterocycles. The zero-order valence-corrected chi connectivity index (χ0v) is 16.6. The van der Waals surface area contributed by atoms with E-state index in [9.17, 15) is 8.78 Å². The Morgan fingerprint density at radius 2 is 1.48 bits per heavy atom. The van der Waals surface area contributed by atoms with Gasteiger partial charge in [-0.2, -0.15) is 0 Å². The summed E-state index contributed by atoms with van der Waals surface area (Å²) < 4.78 is 29.7. The molecule has 0 spiro atoms. The number of nitrogens with zero attached hydrogens (tertiary/aromatic N) is 1. The molecule has 3 rings (SSSR count). The van der Waals surface area contributed by atoms with Crippen LogP contribution in [0.5, 0.6) is 0 Å². The summed E-state index contributed by atoms with van der Waals surface area (Å²) in [7, 11) is 1.78. The summed E-state index contributed by atoms with van der Waals surface area (Å²) in [5.41, 5.74) is 2.84. The smallest absolute Gasteiger partial charge is 0.135 e. The molecule has 0 atom stereocenters. The Morgan fingerprint density at radius 1 is 0.920 bits per heavy atom. The molecular weight excluding hydrogens is 431 g/mol. The van der Waals surface area contributed by atoms with Crippen molar-refractivity contribution in [1.82, 2.24) is 4.90 Å². The highest BCUT2D eigenvalue weighted by molar-refractivity contribution is 14.1. The first kappa shape index (κ1) is 19.4. The van der Waals surface area contributed by atoms with E-state index < -0.39 is 11.6 Å². The molecule has 0 N–H and O–H groups in total. The number of hydrogen-bond acceptors (Lipinski definition) is 1. The molecule has 25 heavy (non-hydrogen) atoms. The lowest BCUT2D eigenvalue weighted by atomic mass is 9.94. The van der Waals surface area contributed by atoms with Crippen molar-refractivity contribution in [2.45, 2.75) is 13.8 Å². The first-order valence-electron chi connectivity index (χ1n) is 8.05. The second-order valence-electron chi connectivity index (χ2n) is 5.22. The third kappa shape index (κ3) is 3.84. The van der Waals surface area contributed by atoms with Crippen LogP contribution in [-0.2, 0) is 0 Å². The van der Waals surface area contributed by atoms with E-state index in [1.165, 1.54) is 18.2 Å². The monoisotopic (exact) mass is 451 g/mol. The standard InChI is InChI=1S/C19H14F2IN.C2H6/c1-12-17(22)11-14(13-7-4-3-5-8-13)19(23(12)2)18-15(20)9-6-10-16(18)21;1-2/h3-11H,1H2,2H3;1-2H3. The summed E-state index contributed by atoms with van der Waals surface area (Å²) in [6.45, 7) is 8.01. The maximum atomic E-state index is 14.4. The van der Waals surface area contributed by atoms with Crippen LogP contribution in [0, 0.1) is 11.6 Å². The summed E-state index contributed by atoms with van der Waals surface area (Å²) in [5.74, 6) is -1.17. The molecule has 130 valence electrons. The van der Waals surface area contributed by atoms with Gasteiger partial charge in [-0.3, -0.25) is 0 Å². The molecule has 1 nitrogen and oxygen atoms in total. The van der Waals surface area contributed by atoms with Gasteiger partial charge in [-0.15, -0.1) is 0 Å². The lowest BCUT2D eigenvalue weighted by Crippen LogP contribution is -2.21. The van der Waals surface area contributed by atoms with Gasteiger partial charge in [-0.1, -0.05) is 56.8 Å². The molecule has 2 aromatic carbocycles. The normalized spacial score (nSPS) is 14.1. The topological polar surface area (TPSA) is 3.24 Å². The molecule has 0 unspecified atom stereocenters. The molecule has 4 heteroatoms. The number of hydrogen-bond donors (Lipinski definition) is 0. The van der Waals surface area contributed by atoms with Crippen LogP contribution in [0.15, 0.2) is 70.5 Å². The van der Waals surface area contributed by atoms with Crippen molar-refractivity contribution in [2.24, 2.45) is 0 Å². The minimum atomic E-state index is -0.585. The summed E-state index contributed by atoms with van der Waals surface area (Å²) in [5, 5.41) is 0. The van der Waals surface area contributed by atoms with Crippen molar-refractivity contribution in [3.05, 3.63) is 93.2 Å². The van der Waals surface area contributed by atoms with E-state index >= 15 is 0 Å². The fourth-order valence-electron chi connectivity index (χ4n) is 2.62. The van der Waals surface area contributed by atoms with E-state index in [1.54, 1.807) is 11.9 Å². The zero-order valence-electron chi connectivity index (χ0n) is 14.5. The van der Waals surface area contributed by atoms with Crippen molar-refractivity contribution in [1.29, 1.82) is 0 Å². The van der Waals surface area contributed by atoms with Crippen LogP contribution in [0.3, 0.4) is 0 Å². The molecule has 0 aromatic heterocycles. The maximum absolute atomic E-state index is 14.4. The molecule has 1 aliphatic rings. The molecule has 2 aromatic rings. The highest BCUT2D eigenvalue weighted by Gasteiger charge is 2.26. The fraction of sp³-hybridized carbons (Fsp3) is 0.143. The van der Waals surface area contributed by atoms with E-state index in [1.807, 2.05) is 50.3 Å². The molecule has 0 fully saturated rings. The van der Waals surface area contributed by atoms with Gasteiger partial charge in [0.25, 0.3) is 0 Å². The Morgan fingerprint density at radius 3 is 2.04 bits per heavy atom. The maximum Gasteiger partial charge on any atom is 0.135 e. The van der Waals surface area contributed by atoms with Crippen molar-refractivity contribution >= 4 is 33.9 Å². The molecule has 0 saturated carbocycles. The number of halogens is 3. The molecular formula is C21H20F2IN. The molecule has 0 amide bonds. The van der Waals surface area contributed by atoms with Crippen molar-refractivity contribution in [3.8, 4) is 0 Å². The van der Waals surface area contributed by atoms with Crippen molar-refractivity contribution in [3.63, 3.8) is 0 Å². The average Bonchev–Trinajstić information content (AvgIpc) is 2.63. The van der Waals surface area contributed by atoms with Crippen molar-refractivity contribution in [2.75, 3.05) is 7.05 Å². The van der Waals surface area contributed by atoms with E-state index in [-0.39, 0.29) is 5.56 Å². The summed E-state index contributed by atoms with van der Waals surface area (Å²) in [4.78, 5) is 1.74.